The van der Waals surface area contributed by atoms with Crippen LogP contribution in [0.3, 0.4) is 0 Å². The Balaban J connectivity index is 2.35. The normalized spacial score (nSPS) is 10.5. The van der Waals surface area contributed by atoms with Gasteiger partial charge in [0.15, 0.2) is 5.82 Å². The van der Waals surface area contributed by atoms with E-state index in [4.69, 9.17) is 5.73 Å². The van der Waals surface area contributed by atoms with Crippen molar-refractivity contribution >= 4 is 0 Å². The Kier molecular flexibility index (Phi) is 2.01. The summed E-state index contributed by atoms with van der Waals surface area (Å²) in [4.78, 5) is 6.96. The first-order valence-corrected chi connectivity index (χ1v) is 3.88. The van der Waals surface area contributed by atoms with Crippen LogP contribution in [-0.2, 0) is 6.54 Å². The van der Waals surface area contributed by atoms with Crippen LogP contribution < -0.4 is 5.73 Å². The summed E-state index contributed by atoms with van der Waals surface area (Å²) in [6, 6.07) is 0. The number of hydrogen-bond acceptors (Lipinski definition) is 5. The third kappa shape index (κ3) is 1.41. The third-order valence-electron chi connectivity index (χ3n) is 1.58. The highest BCUT2D eigenvalue weighted by Gasteiger charge is 2.09. The zero-order valence-corrected chi connectivity index (χ0v) is 6.88. The molecule has 0 saturated carbocycles. The summed E-state index contributed by atoms with van der Waals surface area (Å²) in [6.07, 6.45) is 3.37. The molecule has 0 bridgehead atoms. The summed E-state index contributed by atoms with van der Waals surface area (Å²) < 4.78 is 1.61. The van der Waals surface area contributed by atoms with E-state index in [1.165, 1.54) is 0 Å². The van der Waals surface area contributed by atoms with Crippen molar-refractivity contribution in [1.29, 1.82) is 0 Å². The third-order valence-corrected chi connectivity index (χ3v) is 1.58. The Hall–Kier alpha value is -1.76. The molecule has 0 spiro atoms. The van der Waals surface area contributed by atoms with Crippen LogP contribution in [-0.4, -0.2) is 36.7 Å². The molecule has 7 heteroatoms. The molecule has 0 aliphatic carbocycles. The lowest BCUT2D eigenvalue weighted by atomic mass is 10.5. The number of nitrogens with zero attached hydrogens (tertiary/aromatic N) is 5. The zero-order chi connectivity index (χ0) is 9.10. The zero-order valence-electron chi connectivity index (χ0n) is 6.88. The van der Waals surface area contributed by atoms with Gasteiger partial charge in [0, 0.05) is 18.9 Å². The molecule has 2 aromatic rings. The summed E-state index contributed by atoms with van der Waals surface area (Å²) in [6.45, 7) is 1.09. The lowest BCUT2D eigenvalue weighted by Gasteiger charge is -1.98. The summed E-state index contributed by atoms with van der Waals surface area (Å²) in [5.74, 6) is 1.26. The van der Waals surface area contributed by atoms with Gasteiger partial charge in [0.25, 0.3) is 0 Å². The molecule has 13 heavy (non-hydrogen) atoms. The minimum absolute atomic E-state index is 0.499. The molecule has 0 amide bonds. The van der Waals surface area contributed by atoms with Gasteiger partial charge in [0.05, 0.1) is 6.54 Å². The van der Waals surface area contributed by atoms with E-state index in [9.17, 15) is 0 Å². The highest BCUT2D eigenvalue weighted by Crippen LogP contribution is 2.07. The van der Waals surface area contributed by atoms with Crippen molar-refractivity contribution in [3.8, 4) is 11.6 Å². The predicted molar refractivity (Wildman–Crippen MR) is 44.5 cm³/mol. The van der Waals surface area contributed by atoms with Gasteiger partial charge in [-0.25, -0.2) is 9.67 Å². The highest BCUT2D eigenvalue weighted by atomic mass is 15.5. The monoisotopic (exact) mass is 179 g/mol. The number of hydrogen-bond donors (Lipinski definition) is 2. The van der Waals surface area contributed by atoms with Gasteiger partial charge in [0.2, 0.25) is 5.82 Å². The molecule has 3 N–H and O–H groups in total. The summed E-state index contributed by atoms with van der Waals surface area (Å²) in [5, 5.41) is 11.2. The summed E-state index contributed by atoms with van der Waals surface area (Å²) >= 11 is 0. The van der Waals surface area contributed by atoms with Crippen molar-refractivity contribution in [2.45, 2.75) is 6.54 Å². The summed E-state index contributed by atoms with van der Waals surface area (Å²) in [7, 11) is 0. The van der Waals surface area contributed by atoms with Crippen LogP contribution in [0.25, 0.3) is 11.6 Å². The lowest BCUT2D eigenvalue weighted by molar-refractivity contribution is 0.601. The van der Waals surface area contributed by atoms with Crippen LogP contribution in [0.1, 0.15) is 0 Å². The van der Waals surface area contributed by atoms with E-state index in [-0.39, 0.29) is 0 Å². The van der Waals surface area contributed by atoms with Crippen LogP contribution >= 0.6 is 0 Å². The number of nitrogens with one attached hydrogen (secondary N) is 1. The molecule has 0 radical (unpaired) electrons. The molecular formula is C6H9N7. The van der Waals surface area contributed by atoms with Gasteiger partial charge in [-0.05, 0) is 10.4 Å². The number of tetrazole rings is 1. The Morgan fingerprint density at radius 1 is 1.54 bits per heavy atom. The molecule has 68 valence electrons. The van der Waals surface area contributed by atoms with Crippen LogP contribution in [0.4, 0.5) is 0 Å². The fourth-order valence-electron chi connectivity index (χ4n) is 1.03. The minimum Gasteiger partial charge on any atom is -0.342 e. The molecule has 2 heterocycles. The van der Waals surface area contributed by atoms with E-state index in [1.807, 2.05) is 0 Å². The van der Waals surface area contributed by atoms with Crippen LogP contribution in [0, 0.1) is 0 Å². The molecule has 0 unspecified atom stereocenters. The van der Waals surface area contributed by atoms with Gasteiger partial charge >= 0.3 is 0 Å². The van der Waals surface area contributed by atoms with E-state index < -0.39 is 0 Å². The van der Waals surface area contributed by atoms with Gasteiger partial charge < -0.3 is 10.7 Å². The number of H-pyrrole nitrogens is 1. The molecule has 0 atom stereocenters. The van der Waals surface area contributed by atoms with Gasteiger partial charge in [-0.1, -0.05) is 0 Å². The fourth-order valence-corrected chi connectivity index (χ4v) is 1.03. The molecule has 0 aliphatic rings. The molecule has 0 aliphatic heterocycles. The Morgan fingerprint density at radius 2 is 2.46 bits per heavy atom. The molecule has 2 aromatic heterocycles. The van der Waals surface area contributed by atoms with Crippen LogP contribution in [0.15, 0.2) is 12.4 Å². The Morgan fingerprint density at radius 3 is 3.15 bits per heavy atom. The van der Waals surface area contributed by atoms with E-state index >= 15 is 0 Å². The number of rotatable bonds is 3. The van der Waals surface area contributed by atoms with Crippen molar-refractivity contribution < 1.29 is 0 Å². The second kappa shape index (κ2) is 3.31. The van der Waals surface area contributed by atoms with Crippen LogP contribution in [0.5, 0.6) is 0 Å². The van der Waals surface area contributed by atoms with Crippen LogP contribution in [0.2, 0.25) is 0 Å². The van der Waals surface area contributed by atoms with Gasteiger partial charge in [-0.2, -0.15) is 0 Å². The maximum atomic E-state index is 5.40. The first kappa shape index (κ1) is 7.87. The fraction of sp³-hybridized carbons (Fsp3) is 0.333. The van der Waals surface area contributed by atoms with Crippen molar-refractivity contribution in [3.63, 3.8) is 0 Å². The quantitative estimate of drug-likeness (QED) is 0.631. The van der Waals surface area contributed by atoms with Gasteiger partial charge in [-0.3, -0.25) is 0 Å². The second-order valence-electron chi connectivity index (χ2n) is 2.45. The average Bonchev–Trinajstić information content (AvgIpc) is 2.71. The number of imidazole rings is 1. The SMILES string of the molecule is NCCn1nnnc1-c1ncc[nH]1. The van der Waals surface area contributed by atoms with E-state index in [0.29, 0.717) is 24.7 Å². The van der Waals surface area contributed by atoms with E-state index in [2.05, 4.69) is 25.5 Å². The average molecular weight is 179 g/mol. The number of aromatic amines is 1. The highest BCUT2D eigenvalue weighted by molar-refractivity contribution is 5.40. The molecule has 0 saturated heterocycles. The molecule has 0 aromatic carbocycles. The van der Waals surface area contributed by atoms with E-state index in [0.717, 1.165) is 0 Å². The first-order valence-electron chi connectivity index (χ1n) is 3.88. The molecule has 2 rings (SSSR count). The predicted octanol–water partition coefficient (Wildman–Crippen LogP) is -0.978. The standard InChI is InChI=1S/C6H9N7/c7-1-4-13-6(10-11-12-13)5-8-2-3-9-5/h2-3H,1,4,7H2,(H,8,9). The van der Waals surface area contributed by atoms with Crippen molar-refractivity contribution in [2.24, 2.45) is 5.73 Å². The van der Waals surface area contributed by atoms with Gasteiger partial charge in [-0.15, -0.1) is 5.10 Å². The number of aromatic nitrogens is 6. The largest absolute Gasteiger partial charge is 0.342 e. The maximum Gasteiger partial charge on any atom is 0.217 e. The van der Waals surface area contributed by atoms with Crippen molar-refractivity contribution in [1.82, 2.24) is 30.2 Å². The molecule has 0 fully saturated rings. The van der Waals surface area contributed by atoms with Crippen molar-refractivity contribution in [3.05, 3.63) is 12.4 Å². The Labute approximate surface area is 74.0 Å². The van der Waals surface area contributed by atoms with Crippen molar-refractivity contribution in [2.75, 3.05) is 6.54 Å². The van der Waals surface area contributed by atoms with Gasteiger partial charge in [0.1, 0.15) is 0 Å². The first-order chi connectivity index (χ1) is 6.42. The minimum atomic E-state index is 0.499. The topological polar surface area (TPSA) is 98.3 Å². The lowest BCUT2D eigenvalue weighted by Crippen LogP contribution is -2.12. The molecular weight excluding hydrogens is 170 g/mol. The maximum absolute atomic E-state index is 5.40. The summed E-state index contributed by atoms with van der Waals surface area (Å²) in [5.41, 5.74) is 5.40. The smallest absolute Gasteiger partial charge is 0.217 e. The molecule has 7 nitrogen and oxygen atoms in total. The second-order valence-corrected chi connectivity index (χ2v) is 2.45. The number of nitrogens with two attached hydrogens (primary N) is 1. The van der Waals surface area contributed by atoms with E-state index in [1.54, 1.807) is 17.1 Å². The Bertz CT molecular complexity index is 362.